The summed E-state index contributed by atoms with van der Waals surface area (Å²) >= 11 is 0. The van der Waals surface area contributed by atoms with Crippen molar-refractivity contribution in [3.05, 3.63) is 32.6 Å². The van der Waals surface area contributed by atoms with Gasteiger partial charge >= 0.3 is 5.69 Å². The van der Waals surface area contributed by atoms with E-state index in [0.29, 0.717) is 19.7 Å². The third kappa shape index (κ3) is 3.52. The summed E-state index contributed by atoms with van der Waals surface area (Å²) in [6.45, 7) is 0.958. The monoisotopic (exact) mass is 269 g/mol. The average Bonchev–Trinajstić information content (AvgIpc) is 2.37. The molecule has 0 aliphatic carbocycles. The van der Waals surface area contributed by atoms with Gasteiger partial charge in [0.25, 0.3) is 5.56 Å². The molecule has 0 spiro atoms. The first-order chi connectivity index (χ1) is 9.08. The lowest BCUT2D eigenvalue weighted by atomic mass is 10.2. The molecule has 8 heteroatoms. The zero-order valence-corrected chi connectivity index (χ0v) is 10.2. The number of aliphatic hydroxyl groups excluding tert-OH is 1. The predicted molar refractivity (Wildman–Crippen MR) is 64.8 cm³/mol. The van der Waals surface area contributed by atoms with Crippen LogP contribution in [0.25, 0.3) is 0 Å². The fourth-order valence-corrected chi connectivity index (χ4v) is 1.95. The van der Waals surface area contributed by atoms with Gasteiger partial charge in [0.05, 0.1) is 25.7 Å². The molecule has 1 unspecified atom stereocenters. The third-order valence-electron chi connectivity index (χ3n) is 2.85. The molecule has 1 aromatic rings. The van der Waals surface area contributed by atoms with Crippen molar-refractivity contribution >= 4 is 5.91 Å². The number of morpholine rings is 1. The number of ether oxygens (including phenoxy) is 1. The number of nitrogens with one attached hydrogen (secondary N) is 2. The first-order valence-electron chi connectivity index (χ1n) is 5.91. The number of carbonyl (C=O) groups is 1. The highest BCUT2D eigenvalue weighted by Crippen LogP contribution is 2.06. The summed E-state index contributed by atoms with van der Waals surface area (Å²) in [5, 5.41) is 9.00. The van der Waals surface area contributed by atoms with Crippen LogP contribution in [0, 0.1) is 0 Å². The molecule has 0 bridgehead atoms. The second kappa shape index (κ2) is 5.81. The molecule has 0 aromatic carbocycles. The van der Waals surface area contributed by atoms with Crippen LogP contribution in [0.3, 0.4) is 0 Å². The first-order valence-corrected chi connectivity index (χ1v) is 5.91. The van der Waals surface area contributed by atoms with E-state index in [0.717, 1.165) is 0 Å². The first kappa shape index (κ1) is 13.5. The summed E-state index contributed by atoms with van der Waals surface area (Å²) in [4.78, 5) is 40.2. The van der Waals surface area contributed by atoms with E-state index in [2.05, 4.69) is 4.98 Å². The SMILES string of the molecule is O=C(Cc1cc(=O)[nH]c(=O)[nH]1)N1CCOC(CO)C1. The van der Waals surface area contributed by atoms with Crippen molar-refractivity contribution in [1.82, 2.24) is 14.9 Å². The van der Waals surface area contributed by atoms with Gasteiger partial charge in [-0.25, -0.2) is 4.79 Å². The summed E-state index contributed by atoms with van der Waals surface area (Å²) in [6, 6.07) is 1.18. The van der Waals surface area contributed by atoms with Gasteiger partial charge in [0.15, 0.2) is 0 Å². The lowest BCUT2D eigenvalue weighted by Crippen LogP contribution is -2.47. The molecule has 0 radical (unpaired) electrons. The van der Waals surface area contributed by atoms with E-state index < -0.39 is 11.2 Å². The van der Waals surface area contributed by atoms with Crippen molar-refractivity contribution in [3.63, 3.8) is 0 Å². The highest BCUT2D eigenvalue weighted by molar-refractivity contribution is 5.78. The summed E-state index contributed by atoms with van der Waals surface area (Å²) in [7, 11) is 0. The van der Waals surface area contributed by atoms with Gasteiger partial charge in [-0.2, -0.15) is 0 Å². The number of carbonyl (C=O) groups excluding carboxylic acids is 1. The minimum atomic E-state index is -0.634. The van der Waals surface area contributed by atoms with Crippen molar-refractivity contribution < 1.29 is 14.6 Å². The highest BCUT2D eigenvalue weighted by atomic mass is 16.5. The van der Waals surface area contributed by atoms with Crippen LogP contribution in [-0.4, -0.2) is 58.3 Å². The van der Waals surface area contributed by atoms with Crippen LogP contribution in [-0.2, 0) is 16.0 Å². The maximum Gasteiger partial charge on any atom is 0.325 e. The second-order valence-electron chi connectivity index (χ2n) is 4.30. The number of aromatic amines is 2. The number of aliphatic hydroxyl groups is 1. The molecule has 1 fully saturated rings. The molecule has 0 saturated carbocycles. The van der Waals surface area contributed by atoms with Crippen LogP contribution in [0.15, 0.2) is 15.7 Å². The molecule has 1 amide bonds. The Morgan fingerprint density at radius 2 is 2.26 bits per heavy atom. The molecular formula is C11H15N3O5. The maximum atomic E-state index is 12.0. The summed E-state index contributed by atoms with van der Waals surface area (Å²) in [5.74, 6) is -0.219. The predicted octanol–water partition coefficient (Wildman–Crippen LogP) is -2.17. The summed E-state index contributed by atoms with van der Waals surface area (Å²) < 4.78 is 5.24. The van der Waals surface area contributed by atoms with Crippen LogP contribution in [0.4, 0.5) is 0 Å². The van der Waals surface area contributed by atoms with Crippen molar-refractivity contribution in [1.29, 1.82) is 0 Å². The number of amides is 1. The normalized spacial score (nSPS) is 19.4. The Morgan fingerprint density at radius 1 is 1.47 bits per heavy atom. The average molecular weight is 269 g/mol. The van der Waals surface area contributed by atoms with Gasteiger partial charge in [-0.15, -0.1) is 0 Å². The quantitative estimate of drug-likeness (QED) is 0.577. The number of hydrogen-bond acceptors (Lipinski definition) is 5. The molecule has 2 heterocycles. The van der Waals surface area contributed by atoms with Crippen LogP contribution < -0.4 is 11.2 Å². The Hall–Kier alpha value is -1.93. The third-order valence-corrected chi connectivity index (χ3v) is 2.85. The van der Waals surface area contributed by atoms with Crippen LogP contribution in [0.2, 0.25) is 0 Å². The van der Waals surface area contributed by atoms with Crippen LogP contribution in [0.5, 0.6) is 0 Å². The second-order valence-corrected chi connectivity index (χ2v) is 4.30. The highest BCUT2D eigenvalue weighted by Gasteiger charge is 2.23. The molecule has 1 aliphatic rings. The molecule has 104 valence electrons. The van der Waals surface area contributed by atoms with Gasteiger partial charge in [0, 0.05) is 24.8 Å². The molecule has 3 N–H and O–H groups in total. The van der Waals surface area contributed by atoms with Crippen molar-refractivity contribution in [2.45, 2.75) is 12.5 Å². The maximum absolute atomic E-state index is 12.0. The molecule has 8 nitrogen and oxygen atoms in total. The lowest BCUT2D eigenvalue weighted by Gasteiger charge is -2.32. The number of rotatable bonds is 3. The van der Waals surface area contributed by atoms with E-state index in [1.807, 2.05) is 4.98 Å². The van der Waals surface area contributed by atoms with Gasteiger partial charge in [-0.05, 0) is 0 Å². The topological polar surface area (TPSA) is 115 Å². The fourth-order valence-electron chi connectivity index (χ4n) is 1.95. The van der Waals surface area contributed by atoms with Crippen LogP contribution >= 0.6 is 0 Å². The standard InChI is InChI=1S/C11H15N3O5/c15-6-8-5-14(1-2-19-8)10(17)4-7-3-9(16)13-11(18)12-7/h3,8,15H,1-2,4-6H2,(H2,12,13,16,18). The van der Waals surface area contributed by atoms with Gasteiger partial charge in [0.1, 0.15) is 0 Å². The Balaban J connectivity index is 2.04. The lowest BCUT2D eigenvalue weighted by molar-refractivity contribution is -0.139. The van der Waals surface area contributed by atoms with E-state index in [9.17, 15) is 14.4 Å². The van der Waals surface area contributed by atoms with Gasteiger partial charge in [-0.1, -0.05) is 0 Å². The molecule has 2 rings (SSSR count). The Labute approximate surface area is 108 Å². The zero-order chi connectivity index (χ0) is 13.8. The molecule has 1 atom stereocenters. The molecule has 1 saturated heterocycles. The number of nitrogens with zero attached hydrogens (tertiary/aromatic N) is 1. The van der Waals surface area contributed by atoms with Crippen molar-refractivity contribution in [2.75, 3.05) is 26.3 Å². The van der Waals surface area contributed by atoms with E-state index >= 15 is 0 Å². The zero-order valence-electron chi connectivity index (χ0n) is 10.2. The van der Waals surface area contributed by atoms with Crippen LogP contribution in [0.1, 0.15) is 5.69 Å². The largest absolute Gasteiger partial charge is 0.394 e. The van der Waals surface area contributed by atoms with Gasteiger partial charge < -0.3 is 19.7 Å². The van der Waals surface area contributed by atoms with Crippen molar-refractivity contribution in [2.24, 2.45) is 0 Å². The number of H-pyrrole nitrogens is 2. The number of aromatic nitrogens is 2. The molecule has 1 aromatic heterocycles. The molecule has 1 aliphatic heterocycles. The minimum Gasteiger partial charge on any atom is -0.394 e. The van der Waals surface area contributed by atoms with E-state index in [-0.39, 0.29) is 30.7 Å². The Morgan fingerprint density at radius 3 is 2.95 bits per heavy atom. The van der Waals surface area contributed by atoms with Gasteiger partial charge in [0.2, 0.25) is 5.91 Å². The molecule has 19 heavy (non-hydrogen) atoms. The Kier molecular flexibility index (Phi) is 4.13. The van der Waals surface area contributed by atoms with E-state index in [4.69, 9.17) is 9.84 Å². The van der Waals surface area contributed by atoms with E-state index in [1.54, 1.807) is 4.90 Å². The van der Waals surface area contributed by atoms with Gasteiger partial charge in [-0.3, -0.25) is 14.6 Å². The van der Waals surface area contributed by atoms with E-state index in [1.165, 1.54) is 6.07 Å². The number of hydrogen-bond donors (Lipinski definition) is 3. The Bertz CT molecular complexity index is 536. The molecular weight excluding hydrogens is 254 g/mol. The van der Waals surface area contributed by atoms with Crippen molar-refractivity contribution in [3.8, 4) is 0 Å². The smallest absolute Gasteiger partial charge is 0.325 e. The minimum absolute atomic E-state index is 0.0582. The fraction of sp³-hybridized carbons (Fsp3) is 0.545. The summed E-state index contributed by atoms with van der Waals surface area (Å²) in [6.07, 6.45) is -0.437. The summed E-state index contributed by atoms with van der Waals surface area (Å²) in [5.41, 5.74) is -0.905.